The Morgan fingerprint density at radius 1 is 1.43 bits per heavy atom. The SMILES string of the molecule is CC1SCC(C2=NCC(=O)N2)SC1C. The largest absolute Gasteiger partial charge is 0.312 e. The summed E-state index contributed by atoms with van der Waals surface area (Å²) in [5, 5.41) is 4.56. The molecule has 0 bridgehead atoms. The lowest BCUT2D eigenvalue weighted by molar-refractivity contribution is -0.117. The highest BCUT2D eigenvalue weighted by Gasteiger charge is 2.31. The minimum absolute atomic E-state index is 0.0388. The van der Waals surface area contributed by atoms with E-state index in [1.165, 1.54) is 0 Å². The van der Waals surface area contributed by atoms with Crippen molar-refractivity contribution in [1.29, 1.82) is 0 Å². The van der Waals surface area contributed by atoms with E-state index in [1.807, 2.05) is 23.5 Å². The minimum Gasteiger partial charge on any atom is -0.312 e. The van der Waals surface area contributed by atoms with Gasteiger partial charge in [0.15, 0.2) is 0 Å². The highest BCUT2D eigenvalue weighted by atomic mass is 32.2. The maximum Gasteiger partial charge on any atom is 0.247 e. The molecule has 78 valence electrons. The zero-order chi connectivity index (χ0) is 10.1. The average Bonchev–Trinajstić information content (AvgIpc) is 2.57. The molecule has 1 fully saturated rings. The number of carbonyl (C=O) groups excluding carboxylic acids is 1. The molecule has 1 amide bonds. The van der Waals surface area contributed by atoms with Gasteiger partial charge in [0.05, 0.1) is 5.25 Å². The molecule has 0 aromatic rings. The van der Waals surface area contributed by atoms with Crippen LogP contribution in [0.3, 0.4) is 0 Å². The van der Waals surface area contributed by atoms with E-state index < -0.39 is 0 Å². The van der Waals surface area contributed by atoms with Gasteiger partial charge in [0, 0.05) is 16.3 Å². The number of carbonyl (C=O) groups is 1. The third-order valence-electron chi connectivity index (χ3n) is 2.52. The van der Waals surface area contributed by atoms with Crippen LogP contribution in [0.15, 0.2) is 4.99 Å². The third kappa shape index (κ3) is 2.08. The Morgan fingerprint density at radius 3 is 2.79 bits per heavy atom. The number of aliphatic imine (C=N–C) groups is 1. The molecule has 0 aromatic carbocycles. The van der Waals surface area contributed by atoms with Crippen LogP contribution in [0.4, 0.5) is 0 Å². The molecule has 3 atom stereocenters. The van der Waals surface area contributed by atoms with Gasteiger partial charge in [-0.1, -0.05) is 13.8 Å². The number of rotatable bonds is 1. The normalized spacial score (nSPS) is 38.0. The Labute approximate surface area is 92.5 Å². The van der Waals surface area contributed by atoms with E-state index in [0.717, 1.165) is 11.6 Å². The van der Waals surface area contributed by atoms with E-state index in [-0.39, 0.29) is 5.91 Å². The van der Waals surface area contributed by atoms with Crippen molar-refractivity contribution in [3.05, 3.63) is 0 Å². The molecule has 0 radical (unpaired) electrons. The molecule has 2 aliphatic heterocycles. The van der Waals surface area contributed by atoms with Crippen LogP contribution in [-0.4, -0.2) is 39.8 Å². The van der Waals surface area contributed by atoms with Crippen LogP contribution >= 0.6 is 23.5 Å². The Morgan fingerprint density at radius 2 is 2.21 bits per heavy atom. The van der Waals surface area contributed by atoms with Crippen LogP contribution in [0.1, 0.15) is 13.8 Å². The number of thioether (sulfide) groups is 2. The summed E-state index contributed by atoms with van der Waals surface area (Å²) in [6.07, 6.45) is 0. The van der Waals surface area contributed by atoms with E-state index in [2.05, 4.69) is 24.2 Å². The number of nitrogens with one attached hydrogen (secondary N) is 1. The second-order valence-electron chi connectivity index (χ2n) is 3.62. The van der Waals surface area contributed by atoms with Gasteiger partial charge in [0.2, 0.25) is 5.91 Å². The van der Waals surface area contributed by atoms with Crippen LogP contribution in [0.5, 0.6) is 0 Å². The molecule has 1 saturated heterocycles. The summed E-state index contributed by atoms with van der Waals surface area (Å²) in [6.45, 7) is 4.82. The van der Waals surface area contributed by atoms with Gasteiger partial charge in [0.25, 0.3) is 0 Å². The number of nitrogens with zero attached hydrogens (tertiary/aromatic N) is 1. The molecule has 0 saturated carbocycles. The lowest BCUT2D eigenvalue weighted by Crippen LogP contribution is -2.38. The van der Waals surface area contributed by atoms with Crippen LogP contribution < -0.4 is 5.32 Å². The first-order valence-corrected chi connectivity index (χ1v) is 6.77. The Balaban J connectivity index is 1.96. The Bertz CT molecular complexity index is 280. The summed E-state index contributed by atoms with van der Waals surface area (Å²) in [7, 11) is 0. The summed E-state index contributed by atoms with van der Waals surface area (Å²) < 4.78 is 0. The fourth-order valence-corrected chi connectivity index (χ4v) is 4.38. The topological polar surface area (TPSA) is 41.5 Å². The first-order chi connectivity index (χ1) is 6.66. The van der Waals surface area contributed by atoms with Crippen LogP contribution in [-0.2, 0) is 4.79 Å². The number of amidine groups is 1. The van der Waals surface area contributed by atoms with Gasteiger partial charge >= 0.3 is 0 Å². The van der Waals surface area contributed by atoms with Gasteiger partial charge in [-0.25, -0.2) is 0 Å². The van der Waals surface area contributed by atoms with Gasteiger partial charge in [-0.05, 0) is 0 Å². The number of hydrogen-bond donors (Lipinski definition) is 1. The molecular formula is C9H14N2OS2. The first-order valence-electron chi connectivity index (χ1n) is 4.78. The second-order valence-corrected chi connectivity index (χ2v) is 6.61. The molecule has 2 aliphatic rings. The van der Waals surface area contributed by atoms with Crippen molar-refractivity contribution < 1.29 is 4.79 Å². The fourth-order valence-electron chi connectivity index (χ4n) is 1.49. The summed E-state index contributed by atoms with van der Waals surface area (Å²) in [6, 6.07) is 0. The van der Waals surface area contributed by atoms with Crippen molar-refractivity contribution >= 4 is 35.3 Å². The summed E-state index contributed by atoms with van der Waals surface area (Å²) in [4.78, 5) is 15.2. The molecule has 3 nitrogen and oxygen atoms in total. The van der Waals surface area contributed by atoms with Gasteiger partial charge in [0.1, 0.15) is 12.4 Å². The zero-order valence-corrected chi connectivity index (χ0v) is 9.95. The first kappa shape index (κ1) is 10.4. The standard InChI is InChI=1S/C9H14N2OS2/c1-5-6(2)14-7(4-13-5)9-10-3-8(12)11-9/h5-7H,3-4H2,1-2H3,(H,10,11,12). The number of hydrogen-bond acceptors (Lipinski definition) is 4. The minimum atomic E-state index is 0.0388. The molecule has 2 heterocycles. The van der Waals surface area contributed by atoms with E-state index in [4.69, 9.17) is 0 Å². The molecule has 5 heteroatoms. The highest BCUT2D eigenvalue weighted by molar-refractivity contribution is 8.08. The lowest BCUT2D eigenvalue weighted by atomic mass is 10.3. The van der Waals surface area contributed by atoms with Crippen molar-refractivity contribution in [2.75, 3.05) is 12.3 Å². The molecule has 0 aromatic heterocycles. The van der Waals surface area contributed by atoms with Crippen molar-refractivity contribution in [1.82, 2.24) is 5.32 Å². The van der Waals surface area contributed by atoms with Crippen LogP contribution in [0.25, 0.3) is 0 Å². The smallest absolute Gasteiger partial charge is 0.247 e. The van der Waals surface area contributed by atoms with Crippen molar-refractivity contribution in [2.45, 2.75) is 29.6 Å². The lowest BCUT2D eigenvalue weighted by Gasteiger charge is -2.30. The van der Waals surface area contributed by atoms with Gasteiger partial charge in [-0.15, -0.1) is 11.8 Å². The van der Waals surface area contributed by atoms with Crippen molar-refractivity contribution in [3.63, 3.8) is 0 Å². The van der Waals surface area contributed by atoms with Gasteiger partial charge < -0.3 is 5.32 Å². The van der Waals surface area contributed by atoms with E-state index in [9.17, 15) is 4.79 Å². The average molecular weight is 230 g/mol. The summed E-state index contributed by atoms with van der Waals surface area (Å²) in [5.41, 5.74) is 0. The van der Waals surface area contributed by atoms with Crippen molar-refractivity contribution in [2.24, 2.45) is 4.99 Å². The second kappa shape index (κ2) is 4.14. The van der Waals surface area contributed by atoms with E-state index >= 15 is 0 Å². The van der Waals surface area contributed by atoms with Crippen LogP contribution in [0, 0.1) is 0 Å². The predicted octanol–water partition coefficient (Wildman–Crippen LogP) is 1.14. The van der Waals surface area contributed by atoms with E-state index in [1.54, 1.807) is 0 Å². The van der Waals surface area contributed by atoms with Crippen LogP contribution in [0.2, 0.25) is 0 Å². The third-order valence-corrected chi connectivity index (χ3v) is 5.92. The van der Waals surface area contributed by atoms with Crippen molar-refractivity contribution in [3.8, 4) is 0 Å². The van der Waals surface area contributed by atoms with E-state index in [0.29, 0.717) is 22.3 Å². The monoisotopic (exact) mass is 230 g/mol. The Hall–Kier alpha value is -0.160. The summed E-state index contributed by atoms with van der Waals surface area (Å²) >= 11 is 3.90. The molecule has 1 N–H and O–H groups in total. The highest BCUT2D eigenvalue weighted by Crippen LogP contribution is 2.36. The molecule has 14 heavy (non-hydrogen) atoms. The van der Waals surface area contributed by atoms with Gasteiger partial charge in [-0.3, -0.25) is 9.79 Å². The zero-order valence-electron chi connectivity index (χ0n) is 8.32. The molecule has 0 spiro atoms. The Kier molecular flexibility index (Phi) is 3.07. The molecule has 2 rings (SSSR count). The number of amides is 1. The predicted molar refractivity (Wildman–Crippen MR) is 63.2 cm³/mol. The maximum atomic E-state index is 11.0. The molecule has 0 aliphatic carbocycles. The molecular weight excluding hydrogens is 216 g/mol. The maximum absolute atomic E-state index is 11.0. The van der Waals surface area contributed by atoms with Gasteiger partial charge in [-0.2, -0.15) is 11.8 Å². The fraction of sp³-hybridized carbons (Fsp3) is 0.778. The molecule has 3 unspecified atom stereocenters. The quantitative estimate of drug-likeness (QED) is 0.734. The summed E-state index contributed by atoms with van der Waals surface area (Å²) in [5.74, 6) is 2.00.